The van der Waals surface area contributed by atoms with Gasteiger partial charge in [0.25, 0.3) is 10.0 Å². The first-order valence-corrected chi connectivity index (χ1v) is 7.93. The maximum atomic E-state index is 12.1. The number of aromatic nitrogens is 2. The number of nitrogens with one attached hydrogen (secondary N) is 2. The lowest BCUT2D eigenvalue weighted by molar-refractivity contribution is 0.259. The van der Waals surface area contributed by atoms with E-state index in [0.717, 1.165) is 19.3 Å². The van der Waals surface area contributed by atoms with Crippen LogP contribution in [-0.2, 0) is 10.0 Å². The second-order valence-electron chi connectivity index (χ2n) is 5.07. The lowest BCUT2D eigenvalue weighted by atomic mass is 9.77. The molecule has 19 heavy (non-hydrogen) atoms. The average Bonchev–Trinajstić information content (AvgIpc) is 2.94. The van der Waals surface area contributed by atoms with E-state index >= 15 is 0 Å². The van der Waals surface area contributed by atoms with Gasteiger partial charge in [-0.3, -0.25) is 0 Å². The molecule has 1 aromatic rings. The quantitative estimate of drug-likeness (QED) is 0.875. The van der Waals surface area contributed by atoms with Crippen LogP contribution in [0, 0.1) is 17.2 Å². The van der Waals surface area contributed by atoms with Crippen LogP contribution in [0.15, 0.2) is 17.6 Å². The number of rotatable bonds is 4. The van der Waals surface area contributed by atoms with Gasteiger partial charge in [-0.1, -0.05) is 13.3 Å². The van der Waals surface area contributed by atoms with Crippen molar-refractivity contribution in [3.05, 3.63) is 12.5 Å². The van der Waals surface area contributed by atoms with E-state index in [1.54, 1.807) is 0 Å². The van der Waals surface area contributed by atoms with E-state index in [2.05, 4.69) is 27.7 Å². The number of nitriles is 1. The number of hydrogen-bond donors (Lipinski definition) is 2. The van der Waals surface area contributed by atoms with Crippen molar-refractivity contribution in [2.75, 3.05) is 0 Å². The summed E-state index contributed by atoms with van der Waals surface area (Å²) in [7, 11) is -3.70. The molecule has 7 heteroatoms. The molecule has 1 aliphatic carbocycles. The topological polar surface area (TPSA) is 98.6 Å². The van der Waals surface area contributed by atoms with Gasteiger partial charge in [0.2, 0.25) is 0 Å². The van der Waals surface area contributed by atoms with Gasteiger partial charge in [-0.2, -0.15) is 9.98 Å². The van der Waals surface area contributed by atoms with E-state index in [1.807, 2.05) is 0 Å². The van der Waals surface area contributed by atoms with E-state index < -0.39 is 15.6 Å². The van der Waals surface area contributed by atoms with Gasteiger partial charge in [0, 0.05) is 0 Å². The van der Waals surface area contributed by atoms with Gasteiger partial charge in [0.1, 0.15) is 5.54 Å². The molecular weight excluding hydrogens is 264 g/mol. The van der Waals surface area contributed by atoms with Crippen LogP contribution in [0.2, 0.25) is 0 Å². The first kappa shape index (κ1) is 14.0. The summed E-state index contributed by atoms with van der Waals surface area (Å²) in [5.74, 6) is 0.595. The van der Waals surface area contributed by atoms with Crippen molar-refractivity contribution in [2.24, 2.45) is 5.92 Å². The Labute approximate surface area is 113 Å². The summed E-state index contributed by atoms with van der Waals surface area (Å²) in [6, 6.07) is 2.16. The number of hydrogen-bond acceptors (Lipinski definition) is 4. The molecule has 0 amide bonds. The summed E-state index contributed by atoms with van der Waals surface area (Å²) < 4.78 is 26.8. The summed E-state index contributed by atoms with van der Waals surface area (Å²) in [4.78, 5) is 6.26. The Hall–Kier alpha value is -1.39. The third-order valence-electron chi connectivity index (χ3n) is 3.84. The second-order valence-corrected chi connectivity index (χ2v) is 6.72. The minimum atomic E-state index is -3.70. The highest BCUT2D eigenvalue weighted by Crippen LogP contribution is 2.34. The summed E-state index contributed by atoms with van der Waals surface area (Å²) in [5.41, 5.74) is -0.977. The fourth-order valence-electron chi connectivity index (χ4n) is 2.52. The molecule has 0 aromatic carbocycles. The number of imidazole rings is 1. The first-order chi connectivity index (χ1) is 9.01. The number of H-pyrrole nitrogens is 1. The zero-order chi connectivity index (χ0) is 13.9. The summed E-state index contributed by atoms with van der Waals surface area (Å²) in [5, 5.41) is 9.36. The summed E-state index contributed by atoms with van der Waals surface area (Å²) in [6.07, 6.45) is 6.53. The monoisotopic (exact) mass is 282 g/mol. The minimum absolute atomic E-state index is 0.000241. The Morgan fingerprint density at radius 1 is 1.58 bits per heavy atom. The van der Waals surface area contributed by atoms with Gasteiger partial charge in [0.15, 0.2) is 5.03 Å². The zero-order valence-corrected chi connectivity index (χ0v) is 11.7. The van der Waals surface area contributed by atoms with Gasteiger partial charge >= 0.3 is 0 Å². The van der Waals surface area contributed by atoms with Crippen molar-refractivity contribution in [3.8, 4) is 6.07 Å². The van der Waals surface area contributed by atoms with Crippen molar-refractivity contribution in [1.82, 2.24) is 14.7 Å². The van der Waals surface area contributed by atoms with Crippen LogP contribution in [0.1, 0.15) is 39.0 Å². The molecule has 104 valence electrons. The Bertz CT molecular complexity index is 551. The molecule has 0 radical (unpaired) electrons. The van der Waals surface area contributed by atoms with Crippen LogP contribution in [0.25, 0.3) is 0 Å². The van der Waals surface area contributed by atoms with E-state index in [-0.39, 0.29) is 5.03 Å². The normalized spacial score (nSPS) is 27.9. The summed E-state index contributed by atoms with van der Waals surface area (Å²) >= 11 is 0. The van der Waals surface area contributed by atoms with E-state index in [0.29, 0.717) is 18.8 Å². The van der Waals surface area contributed by atoms with E-state index in [1.165, 1.54) is 12.5 Å². The van der Waals surface area contributed by atoms with Gasteiger partial charge in [-0.25, -0.2) is 13.4 Å². The lowest BCUT2D eigenvalue weighted by Gasteiger charge is -2.34. The van der Waals surface area contributed by atoms with Crippen molar-refractivity contribution >= 4 is 10.0 Å². The second kappa shape index (κ2) is 5.31. The lowest BCUT2D eigenvalue weighted by Crippen LogP contribution is -2.49. The molecule has 0 saturated heterocycles. The molecule has 1 aromatic heterocycles. The molecule has 1 fully saturated rings. The summed E-state index contributed by atoms with van der Waals surface area (Å²) in [6.45, 7) is 2.12. The Morgan fingerprint density at radius 2 is 2.26 bits per heavy atom. The van der Waals surface area contributed by atoms with Crippen LogP contribution in [-0.4, -0.2) is 23.9 Å². The smallest absolute Gasteiger partial charge is 0.258 e. The fraction of sp³-hybridized carbons (Fsp3) is 0.667. The molecule has 0 aliphatic heterocycles. The number of nitrogens with zero attached hydrogens (tertiary/aromatic N) is 2. The van der Waals surface area contributed by atoms with Crippen molar-refractivity contribution in [1.29, 1.82) is 5.26 Å². The molecule has 0 unspecified atom stereocenters. The molecule has 1 aliphatic rings. The minimum Gasteiger partial charge on any atom is -0.335 e. The van der Waals surface area contributed by atoms with Crippen LogP contribution in [0.4, 0.5) is 0 Å². The highest BCUT2D eigenvalue weighted by Gasteiger charge is 2.39. The Balaban J connectivity index is 2.15. The molecule has 6 nitrogen and oxygen atoms in total. The van der Waals surface area contributed by atoms with Crippen LogP contribution < -0.4 is 4.72 Å². The van der Waals surface area contributed by atoms with Crippen LogP contribution in [0.3, 0.4) is 0 Å². The maximum absolute atomic E-state index is 12.1. The molecular formula is C12H18N4O2S. The molecule has 2 rings (SSSR count). The van der Waals surface area contributed by atoms with Gasteiger partial charge < -0.3 is 4.98 Å². The maximum Gasteiger partial charge on any atom is 0.258 e. The number of aromatic amines is 1. The molecule has 0 bridgehead atoms. The molecule has 0 atom stereocenters. The first-order valence-electron chi connectivity index (χ1n) is 6.45. The predicted octanol–water partition coefficient (Wildman–Crippen LogP) is 1.55. The average molecular weight is 282 g/mol. The SMILES string of the molecule is CCC1CCC(C#N)(NS(=O)(=O)c2cnc[nH]2)CC1. The Morgan fingerprint density at radius 3 is 2.74 bits per heavy atom. The highest BCUT2D eigenvalue weighted by atomic mass is 32.2. The van der Waals surface area contributed by atoms with Gasteiger partial charge in [0.05, 0.1) is 18.6 Å². The fourth-order valence-corrected chi connectivity index (χ4v) is 3.80. The van der Waals surface area contributed by atoms with Gasteiger partial charge in [-0.05, 0) is 31.6 Å². The van der Waals surface area contributed by atoms with Crippen molar-refractivity contribution in [3.63, 3.8) is 0 Å². The number of sulfonamides is 1. The molecule has 0 spiro atoms. The van der Waals surface area contributed by atoms with E-state index in [9.17, 15) is 13.7 Å². The van der Waals surface area contributed by atoms with Crippen LogP contribution in [0.5, 0.6) is 0 Å². The Kier molecular flexibility index (Phi) is 3.92. The largest absolute Gasteiger partial charge is 0.335 e. The standard InChI is InChI=1S/C12H18N4O2S/c1-2-10-3-5-12(8-13,6-4-10)16-19(17,18)11-7-14-9-15-11/h7,9-10,16H,2-6H2,1H3,(H,14,15). The molecule has 1 saturated carbocycles. The van der Waals surface area contributed by atoms with Crippen molar-refractivity contribution < 1.29 is 8.42 Å². The predicted molar refractivity (Wildman–Crippen MR) is 69.5 cm³/mol. The molecule has 2 N–H and O–H groups in total. The van der Waals surface area contributed by atoms with Crippen molar-refractivity contribution in [2.45, 2.75) is 49.6 Å². The van der Waals surface area contributed by atoms with E-state index in [4.69, 9.17) is 0 Å². The zero-order valence-electron chi connectivity index (χ0n) is 10.9. The molecule has 1 heterocycles. The third-order valence-corrected chi connectivity index (χ3v) is 5.30. The highest BCUT2D eigenvalue weighted by molar-refractivity contribution is 7.89. The van der Waals surface area contributed by atoms with Gasteiger partial charge in [-0.15, -0.1) is 0 Å². The van der Waals surface area contributed by atoms with Crippen LogP contribution >= 0.6 is 0 Å². The third kappa shape index (κ3) is 2.96.